The summed E-state index contributed by atoms with van der Waals surface area (Å²) < 4.78 is 36.8. The summed E-state index contributed by atoms with van der Waals surface area (Å²) in [6.45, 7) is 4.25. The van der Waals surface area contributed by atoms with Crippen LogP contribution in [-0.2, 0) is 10.0 Å². The fourth-order valence-corrected chi connectivity index (χ4v) is 3.81. The van der Waals surface area contributed by atoms with Crippen LogP contribution in [0.3, 0.4) is 0 Å². The Morgan fingerprint density at radius 3 is 2.16 bits per heavy atom. The van der Waals surface area contributed by atoms with E-state index in [2.05, 4.69) is 0 Å². The molecule has 0 radical (unpaired) electrons. The number of hydrogen-bond acceptors (Lipinski definition) is 5. The Labute approximate surface area is 148 Å². The van der Waals surface area contributed by atoms with Gasteiger partial charge in [0.2, 0.25) is 10.0 Å². The molecular formula is C18H21NO5S. The Kier molecular flexibility index (Phi) is 6.17. The van der Waals surface area contributed by atoms with Crippen LogP contribution in [0.1, 0.15) is 24.2 Å². The Morgan fingerprint density at radius 1 is 1.00 bits per heavy atom. The first kappa shape index (κ1) is 19.0. The van der Waals surface area contributed by atoms with Gasteiger partial charge in [-0.2, -0.15) is 4.31 Å². The Hall–Kier alpha value is -2.38. The molecule has 25 heavy (non-hydrogen) atoms. The average Bonchev–Trinajstić information content (AvgIpc) is 2.63. The SMILES string of the molecule is CCN(CC)S(=O)(=O)c1cccc(C(=O)Oc2ccc(OC)cc2)c1. The van der Waals surface area contributed by atoms with Crippen LogP contribution < -0.4 is 9.47 Å². The van der Waals surface area contributed by atoms with E-state index in [0.717, 1.165) is 0 Å². The molecule has 0 saturated carbocycles. The summed E-state index contributed by atoms with van der Waals surface area (Å²) in [7, 11) is -2.09. The molecule has 0 amide bonds. The van der Waals surface area contributed by atoms with Crippen molar-refractivity contribution < 1.29 is 22.7 Å². The van der Waals surface area contributed by atoms with Gasteiger partial charge in [0.1, 0.15) is 11.5 Å². The molecule has 0 saturated heterocycles. The number of methoxy groups -OCH3 is 1. The molecule has 0 aliphatic carbocycles. The van der Waals surface area contributed by atoms with Crippen LogP contribution in [-0.4, -0.2) is 38.9 Å². The highest BCUT2D eigenvalue weighted by Gasteiger charge is 2.22. The van der Waals surface area contributed by atoms with Gasteiger partial charge in [-0.3, -0.25) is 0 Å². The van der Waals surface area contributed by atoms with E-state index in [4.69, 9.17) is 9.47 Å². The third-order valence-electron chi connectivity index (χ3n) is 3.68. The molecule has 2 aromatic rings. The van der Waals surface area contributed by atoms with E-state index in [1.807, 2.05) is 0 Å². The molecule has 0 atom stereocenters. The van der Waals surface area contributed by atoms with Crippen molar-refractivity contribution in [3.8, 4) is 11.5 Å². The third kappa shape index (κ3) is 4.37. The quantitative estimate of drug-likeness (QED) is 0.559. The topological polar surface area (TPSA) is 72.9 Å². The first-order valence-electron chi connectivity index (χ1n) is 7.88. The molecule has 6 nitrogen and oxygen atoms in total. The van der Waals surface area contributed by atoms with Crippen LogP contribution in [0.25, 0.3) is 0 Å². The fourth-order valence-electron chi connectivity index (χ4n) is 2.31. The predicted octanol–water partition coefficient (Wildman–Crippen LogP) is 2.94. The van der Waals surface area contributed by atoms with Crippen molar-refractivity contribution in [1.29, 1.82) is 0 Å². The second-order valence-corrected chi connectivity index (χ2v) is 7.12. The van der Waals surface area contributed by atoms with Crippen LogP contribution >= 0.6 is 0 Å². The molecule has 2 rings (SSSR count). The minimum absolute atomic E-state index is 0.0698. The number of ether oxygens (including phenoxy) is 2. The van der Waals surface area contributed by atoms with Crippen molar-refractivity contribution in [1.82, 2.24) is 4.31 Å². The molecule has 0 heterocycles. The van der Waals surface area contributed by atoms with E-state index in [9.17, 15) is 13.2 Å². The fraction of sp³-hybridized carbons (Fsp3) is 0.278. The molecule has 0 fully saturated rings. The average molecular weight is 363 g/mol. The summed E-state index contributed by atoms with van der Waals surface area (Å²) in [6, 6.07) is 12.4. The van der Waals surface area contributed by atoms with E-state index in [0.29, 0.717) is 24.6 Å². The van der Waals surface area contributed by atoms with Crippen molar-refractivity contribution in [2.45, 2.75) is 18.7 Å². The molecule has 0 unspecified atom stereocenters. The maximum atomic E-state index is 12.6. The van der Waals surface area contributed by atoms with Gasteiger partial charge in [0.25, 0.3) is 0 Å². The Morgan fingerprint density at radius 2 is 1.60 bits per heavy atom. The molecule has 0 aliphatic heterocycles. The molecule has 0 aromatic heterocycles. The molecule has 7 heteroatoms. The number of hydrogen-bond donors (Lipinski definition) is 0. The standard InChI is InChI=1S/C18H21NO5S/c1-4-19(5-2)25(21,22)17-8-6-7-14(13-17)18(20)24-16-11-9-15(23-3)10-12-16/h6-13H,4-5H2,1-3H3. The van der Waals surface area contributed by atoms with Crippen LogP contribution in [0, 0.1) is 0 Å². The van der Waals surface area contributed by atoms with Gasteiger partial charge < -0.3 is 9.47 Å². The summed E-state index contributed by atoms with van der Waals surface area (Å²) in [5.41, 5.74) is 0.170. The van der Waals surface area contributed by atoms with Crippen LogP contribution in [0.15, 0.2) is 53.4 Å². The van der Waals surface area contributed by atoms with Gasteiger partial charge in [-0.25, -0.2) is 13.2 Å². The third-order valence-corrected chi connectivity index (χ3v) is 5.73. The van der Waals surface area contributed by atoms with Gasteiger partial charge in [-0.1, -0.05) is 19.9 Å². The van der Waals surface area contributed by atoms with Crippen molar-refractivity contribution in [2.24, 2.45) is 0 Å². The van der Waals surface area contributed by atoms with Crippen LogP contribution in [0.2, 0.25) is 0 Å². The molecule has 0 N–H and O–H groups in total. The monoisotopic (exact) mass is 363 g/mol. The number of rotatable bonds is 7. The largest absolute Gasteiger partial charge is 0.497 e. The summed E-state index contributed by atoms with van der Waals surface area (Å²) in [5.74, 6) is 0.372. The van der Waals surface area contributed by atoms with Crippen molar-refractivity contribution >= 4 is 16.0 Å². The zero-order valence-corrected chi connectivity index (χ0v) is 15.2. The number of benzene rings is 2. The van der Waals surface area contributed by atoms with Gasteiger partial charge in [-0.15, -0.1) is 0 Å². The highest BCUT2D eigenvalue weighted by Crippen LogP contribution is 2.20. The van der Waals surface area contributed by atoms with Gasteiger partial charge >= 0.3 is 5.97 Å². The van der Waals surface area contributed by atoms with E-state index in [-0.39, 0.29) is 10.5 Å². The van der Waals surface area contributed by atoms with Gasteiger partial charge in [0, 0.05) is 13.1 Å². The molecule has 0 aliphatic rings. The lowest BCUT2D eigenvalue weighted by Crippen LogP contribution is -2.30. The minimum Gasteiger partial charge on any atom is -0.497 e. The Bertz CT molecular complexity index is 827. The molecule has 2 aromatic carbocycles. The summed E-state index contributed by atoms with van der Waals surface area (Å²) in [6.07, 6.45) is 0. The first-order valence-corrected chi connectivity index (χ1v) is 9.32. The predicted molar refractivity (Wildman–Crippen MR) is 94.5 cm³/mol. The number of carbonyl (C=O) groups excluding carboxylic acids is 1. The zero-order valence-electron chi connectivity index (χ0n) is 14.4. The number of nitrogens with zero attached hydrogens (tertiary/aromatic N) is 1. The highest BCUT2D eigenvalue weighted by atomic mass is 32.2. The van der Waals surface area contributed by atoms with E-state index < -0.39 is 16.0 Å². The normalized spacial score (nSPS) is 11.4. The smallest absolute Gasteiger partial charge is 0.343 e. The highest BCUT2D eigenvalue weighted by molar-refractivity contribution is 7.89. The second-order valence-electron chi connectivity index (χ2n) is 5.18. The number of carbonyl (C=O) groups is 1. The van der Waals surface area contributed by atoms with Crippen LogP contribution in [0.5, 0.6) is 11.5 Å². The first-order chi connectivity index (χ1) is 11.9. The van der Waals surface area contributed by atoms with E-state index >= 15 is 0 Å². The van der Waals surface area contributed by atoms with E-state index in [1.54, 1.807) is 45.2 Å². The maximum absolute atomic E-state index is 12.6. The molecule has 0 bridgehead atoms. The maximum Gasteiger partial charge on any atom is 0.343 e. The van der Waals surface area contributed by atoms with Crippen molar-refractivity contribution in [2.75, 3.05) is 20.2 Å². The molecule has 134 valence electrons. The van der Waals surface area contributed by atoms with Crippen molar-refractivity contribution in [3.05, 3.63) is 54.1 Å². The van der Waals surface area contributed by atoms with Gasteiger partial charge in [0.15, 0.2) is 0 Å². The van der Waals surface area contributed by atoms with Crippen molar-refractivity contribution in [3.63, 3.8) is 0 Å². The summed E-state index contributed by atoms with van der Waals surface area (Å²) in [4.78, 5) is 12.4. The summed E-state index contributed by atoms with van der Waals surface area (Å²) >= 11 is 0. The summed E-state index contributed by atoms with van der Waals surface area (Å²) in [5, 5.41) is 0. The van der Waals surface area contributed by atoms with E-state index in [1.165, 1.54) is 28.6 Å². The lowest BCUT2D eigenvalue weighted by molar-refractivity contribution is 0.0734. The lowest BCUT2D eigenvalue weighted by atomic mass is 10.2. The number of esters is 1. The molecular weight excluding hydrogens is 342 g/mol. The van der Waals surface area contributed by atoms with Gasteiger partial charge in [0.05, 0.1) is 17.6 Å². The number of sulfonamides is 1. The molecule has 0 spiro atoms. The van der Waals surface area contributed by atoms with Gasteiger partial charge in [-0.05, 0) is 42.5 Å². The minimum atomic E-state index is -3.63. The van der Waals surface area contributed by atoms with Crippen LogP contribution in [0.4, 0.5) is 0 Å². The lowest BCUT2D eigenvalue weighted by Gasteiger charge is -2.18. The second kappa shape index (κ2) is 8.13. The Balaban J connectivity index is 2.23. The zero-order chi connectivity index (χ0) is 18.4.